The van der Waals surface area contributed by atoms with Crippen LogP contribution in [0.1, 0.15) is 38.8 Å². The van der Waals surface area contributed by atoms with Gasteiger partial charge in [-0.1, -0.05) is 30.3 Å². The van der Waals surface area contributed by atoms with Crippen LogP contribution in [-0.4, -0.2) is 49.0 Å². The molecule has 0 bridgehead atoms. The minimum atomic E-state index is -0.928. The third-order valence-electron chi connectivity index (χ3n) is 4.03. The number of benzene rings is 1. The number of methoxy groups -OCH3 is 2. The first-order valence-electron chi connectivity index (χ1n) is 8.56. The van der Waals surface area contributed by atoms with Gasteiger partial charge in [-0.05, 0) is 26.3 Å². The number of hydrogen-bond donors (Lipinski definition) is 0. The van der Waals surface area contributed by atoms with Crippen LogP contribution in [0.15, 0.2) is 30.3 Å². The van der Waals surface area contributed by atoms with E-state index < -0.39 is 41.7 Å². The molecule has 1 amide bonds. The summed E-state index contributed by atoms with van der Waals surface area (Å²) in [6, 6.07) is 8.11. The van der Waals surface area contributed by atoms with Gasteiger partial charge in [0, 0.05) is 0 Å². The second kappa shape index (κ2) is 8.39. The van der Waals surface area contributed by atoms with Crippen molar-refractivity contribution in [2.24, 2.45) is 5.92 Å². The molecule has 0 unspecified atom stereocenters. The smallest absolute Gasteiger partial charge is 0.435 e. The van der Waals surface area contributed by atoms with E-state index in [4.69, 9.17) is 14.3 Å². The fraction of sp³-hybridized carbons (Fsp3) is 0.526. The third-order valence-corrected chi connectivity index (χ3v) is 4.03. The van der Waals surface area contributed by atoms with Crippen LogP contribution in [0.2, 0.25) is 0 Å². The number of hydrogen-bond acceptors (Lipinski definition) is 7. The van der Waals surface area contributed by atoms with Crippen molar-refractivity contribution in [2.75, 3.05) is 14.2 Å². The zero-order valence-corrected chi connectivity index (χ0v) is 16.1. The molecule has 0 saturated carbocycles. The minimum absolute atomic E-state index is 0.209. The van der Waals surface area contributed by atoms with Gasteiger partial charge in [0.15, 0.2) is 0 Å². The lowest BCUT2D eigenvalue weighted by Gasteiger charge is -2.28. The van der Waals surface area contributed by atoms with Crippen molar-refractivity contribution in [1.29, 1.82) is 0 Å². The number of nitrogens with zero attached hydrogens (tertiary/aromatic N) is 1. The quantitative estimate of drug-likeness (QED) is 0.586. The average molecular weight is 379 g/mol. The van der Waals surface area contributed by atoms with E-state index in [2.05, 4.69) is 4.74 Å². The zero-order chi connectivity index (χ0) is 20.2. The van der Waals surface area contributed by atoms with Gasteiger partial charge in [0.1, 0.15) is 23.7 Å². The number of hydroxylamine groups is 2. The normalized spacial score (nSPS) is 22.3. The SMILES string of the molecule is COC(=O)C[C@@H]1ON(C(=O)OC(C)(C)C)[C@H](c2ccccc2)[C@H]1C(=O)OC. The lowest BCUT2D eigenvalue weighted by Crippen LogP contribution is -2.37. The van der Waals surface area contributed by atoms with Crippen molar-refractivity contribution >= 4 is 18.0 Å². The van der Waals surface area contributed by atoms with Crippen molar-refractivity contribution in [2.45, 2.75) is 44.9 Å². The fourth-order valence-corrected chi connectivity index (χ4v) is 2.91. The number of carbonyl (C=O) groups excluding carboxylic acids is 3. The van der Waals surface area contributed by atoms with Crippen molar-refractivity contribution in [3.8, 4) is 0 Å². The molecule has 148 valence electrons. The number of amides is 1. The maximum Gasteiger partial charge on any atom is 0.435 e. The highest BCUT2D eigenvalue weighted by Gasteiger charge is 2.52. The molecule has 3 atom stereocenters. The highest BCUT2D eigenvalue weighted by molar-refractivity contribution is 5.79. The van der Waals surface area contributed by atoms with E-state index in [0.717, 1.165) is 5.06 Å². The van der Waals surface area contributed by atoms with Gasteiger partial charge in [0.2, 0.25) is 0 Å². The summed E-state index contributed by atoms with van der Waals surface area (Å²) >= 11 is 0. The Balaban J connectivity index is 2.45. The monoisotopic (exact) mass is 379 g/mol. The molecule has 0 aromatic heterocycles. The fourth-order valence-electron chi connectivity index (χ4n) is 2.91. The van der Waals surface area contributed by atoms with Crippen molar-refractivity contribution in [3.05, 3.63) is 35.9 Å². The molecule has 1 heterocycles. The second-order valence-electron chi connectivity index (χ2n) is 7.13. The molecule has 8 heteroatoms. The van der Waals surface area contributed by atoms with E-state index in [1.807, 2.05) is 6.07 Å². The van der Waals surface area contributed by atoms with E-state index in [0.29, 0.717) is 5.56 Å². The summed E-state index contributed by atoms with van der Waals surface area (Å²) in [5.41, 5.74) is -0.103. The van der Waals surface area contributed by atoms with Gasteiger partial charge in [-0.2, -0.15) is 5.06 Å². The Kier molecular flexibility index (Phi) is 6.43. The van der Waals surface area contributed by atoms with Gasteiger partial charge in [0.25, 0.3) is 0 Å². The molecule has 0 aliphatic carbocycles. The number of carbonyl (C=O) groups is 3. The van der Waals surface area contributed by atoms with Crippen LogP contribution in [0, 0.1) is 5.92 Å². The molecular weight excluding hydrogens is 354 g/mol. The van der Waals surface area contributed by atoms with Crippen molar-refractivity contribution in [3.63, 3.8) is 0 Å². The summed E-state index contributed by atoms with van der Waals surface area (Å²) in [5, 5.41) is 1.01. The Morgan fingerprint density at radius 1 is 1.07 bits per heavy atom. The predicted molar refractivity (Wildman–Crippen MR) is 94.3 cm³/mol. The molecule has 1 aromatic carbocycles. The summed E-state index contributed by atoms with van der Waals surface area (Å²) in [4.78, 5) is 42.7. The summed E-state index contributed by atoms with van der Waals surface area (Å²) < 4.78 is 15.0. The molecule has 1 aromatic rings. The average Bonchev–Trinajstić information content (AvgIpc) is 2.99. The predicted octanol–water partition coefficient (Wildman–Crippen LogP) is 2.63. The van der Waals surface area contributed by atoms with Crippen LogP contribution in [0.5, 0.6) is 0 Å². The topological polar surface area (TPSA) is 91.4 Å². The first-order chi connectivity index (χ1) is 12.7. The highest BCUT2D eigenvalue weighted by Crippen LogP contribution is 2.42. The first kappa shape index (κ1) is 20.7. The lowest BCUT2D eigenvalue weighted by atomic mass is 9.88. The van der Waals surface area contributed by atoms with Gasteiger partial charge in [0.05, 0.1) is 20.6 Å². The van der Waals surface area contributed by atoms with E-state index in [-0.39, 0.29) is 6.42 Å². The van der Waals surface area contributed by atoms with Crippen LogP contribution < -0.4 is 0 Å². The number of rotatable bonds is 4. The molecule has 8 nitrogen and oxygen atoms in total. The standard InChI is InChI=1S/C19H25NO7/c1-19(2,3)26-18(23)20-16(12-9-7-6-8-10-12)15(17(22)25-5)13(27-20)11-14(21)24-4/h6-10,13,15-16H,11H2,1-5H3/t13-,15-,16+/m0/s1. The highest BCUT2D eigenvalue weighted by atomic mass is 16.7. The van der Waals surface area contributed by atoms with Crippen molar-refractivity contribution < 1.29 is 33.4 Å². The molecule has 1 saturated heterocycles. The summed E-state index contributed by atoms with van der Waals surface area (Å²) in [6.45, 7) is 5.17. The van der Waals surface area contributed by atoms with E-state index in [1.165, 1.54) is 14.2 Å². The third kappa shape index (κ3) is 4.97. The molecule has 0 N–H and O–H groups in total. The lowest BCUT2D eigenvalue weighted by molar-refractivity contribution is -0.166. The van der Waals surface area contributed by atoms with Crippen LogP contribution in [-0.2, 0) is 28.6 Å². The van der Waals surface area contributed by atoms with Crippen LogP contribution in [0.3, 0.4) is 0 Å². The van der Waals surface area contributed by atoms with Gasteiger partial charge < -0.3 is 14.2 Å². The van der Waals surface area contributed by atoms with E-state index >= 15 is 0 Å². The van der Waals surface area contributed by atoms with Gasteiger partial charge in [-0.15, -0.1) is 0 Å². The molecule has 27 heavy (non-hydrogen) atoms. The Hall–Kier alpha value is -2.61. The van der Waals surface area contributed by atoms with Crippen LogP contribution in [0.4, 0.5) is 4.79 Å². The summed E-state index contributed by atoms with van der Waals surface area (Å²) in [6.07, 6.45) is -1.89. The minimum Gasteiger partial charge on any atom is -0.469 e. The molecular formula is C19H25NO7. The Morgan fingerprint density at radius 2 is 1.70 bits per heavy atom. The molecule has 1 aliphatic rings. The van der Waals surface area contributed by atoms with E-state index in [1.54, 1.807) is 45.0 Å². The van der Waals surface area contributed by atoms with Crippen LogP contribution >= 0.6 is 0 Å². The maximum atomic E-state index is 12.7. The summed E-state index contributed by atoms with van der Waals surface area (Å²) in [5.74, 6) is -2.07. The largest absolute Gasteiger partial charge is 0.469 e. The van der Waals surface area contributed by atoms with Gasteiger partial charge >= 0.3 is 18.0 Å². The van der Waals surface area contributed by atoms with Crippen molar-refractivity contribution in [1.82, 2.24) is 5.06 Å². The molecule has 0 spiro atoms. The maximum absolute atomic E-state index is 12.7. The first-order valence-corrected chi connectivity index (χ1v) is 8.56. The summed E-state index contributed by atoms with van der Waals surface area (Å²) in [7, 11) is 2.49. The molecule has 1 aliphatic heterocycles. The Morgan fingerprint density at radius 3 is 2.22 bits per heavy atom. The number of esters is 2. The molecule has 1 fully saturated rings. The van der Waals surface area contributed by atoms with Gasteiger partial charge in [-0.25, -0.2) is 4.79 Å². The Labute approximate surface area is 158 Å². The van der Waals surface area contributed by atoms with Gasteiger partial charge in [-0.3, -0.25) is 14.4 Å². The van der Waals surface area contributed by atoms with E-state index in [9.17, 15) is 14.4 Å². The van der Waals surface area contributed by atoms with Crippen LogP contribution in [0.25, 0.3) is 0 Å². The molecule has 0 radical (unpaired) electrons. The number of ether oxygens (including phenoxy) is 3. The second-order valence-corrected chi connectivity index (χ2v) is 7.13. The Bertz CT molecular complexity index is 683. The zero-order valence-electron chi connectivity index (χ0n) is 16.1. The molecule has 2 rings (SSSR count).